The molecule has 2 aromatic rings. The van der Waals surface area contributed by atoms with E-state index in [2.05, 4.69) is 53.7 Å². The number of rotatable bonds is 5. The van der Waals surface area contributed by atoms with Crippen molar-refractivity contribution in [2.75, 3.05) is 26.7 Å². The fourth-order valence-corrected chi connectivity index (χ4v) is 4.70. The maximum absolute atomic E-state index is 10.0. The smallest absolute Gasteiger partial charge is 0.133 e. The first-order valence-corrected chi connectivity index (χ1v) is 11.2. The molecule has 1 fully saturated rings. The SMILES string of the molecule is CN1CCc2cccc(C#N)c2C1c1ccccc1.O=CCNCC1(O)CCCCC1. The minimum atomic E-state index is -0.540. The van der Waals surface area contributed by atoms with E-state index < -0.39 is 5.60 Å². The number of likely N-dealkylation sites (N-methyl/N-ethyl adjacent to an activating group) is 1. The second-order valence-corrected chi connectivity index (χ2v) is 8.62. The maximum atomic E-state index is 10.0. The number of hydrogen-bond acceptors (Lipinski definition) is 5. The second-order valence-electron chi connectivity index (χ2n) is 8.62. The summed E-state index contributed by atoms with van der Waals surface area (Å²) in [5.41, 5.74) is 4.02. The number of fused-ring (bicyclic) bond motifs is 1. The van der Waals surface area contributed by atoms with Crippen molar-refractivity contribution < 1.29 is 9.90 Å². The van der Waals surface area contributed by atoms with Crippen LogP contribution in [-0.4, -0.2) is 48.6 Å². The van der Waals surface area contributed by atoms with Gasteiger partial charge in [0.1, 0.15) is 6.29 Å². The Hall–Kier alpha value is -2.52. The lowest BCUT2D eigenvalue weighted by Crippen LogP contribution is -2.42. The first-order chi connectivity index (χ1) is 15.1. The van der Waals surface area contributed by atoms with Gasteiger partial charge in [0.15, 0.2) is 0 Å². The lowest BCUT2D eigenvalue weighted by atomic mass is 9.85. The van der Waals surface area contributed by atoms with Gasteiger partial charge in [-0.15, -0.1) is 0 Å². The molecule has 0 bridgehead atoms. The van der Waals surface area contributed by atoms with Crippen molar-refractivity contribution in [2.45, 2.75) is 50.2 Å². The molecular weight excluding hydrogens is 386 g/mol. The predicted molar refractivity (Wildman–Crippen MR) is 123 cm³/mol. The number of benzene rings is 2. The van der Waals surface area contributed by atoms with Crippen molar-refractivity contribution in [3.63, 3.8) is 0 Å². The highest BCUT2D eigenvalue weighted by Crippen LogP contribution is 2.36. The zero-order valence-electron chi connectivity index (χ0n) is 18.4. The molecule has 1 aliphatic carbocycles. The Morgan fingerprint density at radius 1 is 1.16 bits per heavy atom. The van der Waals surface area contributed by atoms with Gasteiger partial charge in [-0.3, -0.25) is 4.90 Å². The third kappa shape index (κ3) is 6.01. The lowest BCUT2D eigenvalue weighted by Gasteiger charge is -2.35. The molecule has 2 aromatic carbocycles. The molecule has 0 saturated heterocycles. The molecule has 1 saturated carbocycles. The molecule has 1 unspecified atom stereocenters. The van der Waals surface area contributed by atoms with Crippen LogP contribution in [0.2, 0.25) is 0 Å². The quantitative estimate of drug-likeness (QED) is 0.572. The van der Waals surface area contributed by atoms with E-state index in [1.807, 2.05) is 18.2 Å². The molecule has 164 valence electrons. The van der Waals surface area contributed by atoms with E-state index in [1.165, 1.54) is 23.1 Å². The van der Waals surface area contributed by atoms with Gasteiger partial charge in [0.25, 0.3) is 0 Å². The van der Waals surface area contributed by atoms with Crippen molar-refractivity contribution in [1.29, 1.82) is 5.26 Å². The largest absolute Gasteiger partial charge is 0.389 e. The molecule has 1 heterocycles. The molecular formula is C26H33N3O2. The normalized spacial score (nSPS) is 20.0. The topological polar surface area (TPSA) is 76.4 Å². The monoisotopic (exact) mass is 419 g/mol. The Bertz CT molecular complexity index is 885. The Labute approximate surface area is 185 Å². The van der Waals surface area contributed by atoms with Crippen molar-refractivity contribution in [3.05, 3.63) is 70.8 Å². The van der Waals surface area contributed by atoms with Crippen LogP contribution in [0.15, 0.2) is 48.5 Å². The van der Waals surface area contributed by atoms with E-state index in [9.17, 15) is 15.2 Å². The lowest BCUT2D eigenvalue weighted by molar-refractivity contribution is -0.107. The Morgan fingerprint density at radius 2 is 1.90 bits per heavy atom. The number of aldehydes is 1. The average molecular weight is 420 g/mol. The third-order valence-corrected chi connectivity index (χ3v) is 6.35. The molecule has 0 spiro atoms. The van der Waals surface area contributed by atoms with Crippen LogP contribution < -0.4 is 5.32 Å². The molecule has 0 aromatic heterocycles. The van der Waals surface area contributed by atoms with Gasteiger partial charge < -0.3 is 15.2 Å². The molecule has 4 rings (SSSR count). The van der Waals surface area contributed by atoms with Crippen LogP contribution in [0.5, 0.6) is 0 Å². The first-order valence-electron chi connectivity index (χ1n) is 11.2. The van der Waals surface area contributed by atoms with Gasteiger partial charge in [-0.1, -0.05) is 61.7 Å². The van der Waals surface area contributed by atoms with Gasteiger partial charge in [0, 0.05) is 13.1 Å². The number of carbonyl (C=O) groups excluding carboxylic acids is 1. The second kappa shape index (κ2) is 11.2. The summed E-state index contributed by atoms with van der Waals surface area (Å²) in [4.78, 5) is 12.3. The van der Waals surface area contributed by atoms with E-state index in [0.29, 0.717) is 13.1 Å². The average Bonchev–Trinajstić information content (AvgIpc) is 2.80. The van der Waals surface area contributed by atoms with Gasteiger partial charge in [-0.05, 0) is 49.1 Å². The summed E-state index contributed by atoms with van der Waals surface area (Å²) in [6, 6.07) is 19.1. The van der Waals surface area contributed by atoms with Crippen LogP contribution in [0.25, 0.3) is 0 Å². The van der Waals surface area contributed by atoms with E-state index in [1.54, 1.807) is 0 Å². The van der Waals surface area contributed by atoms with Crippen LogP contribution in [0.4, 0.5) is 0 Å². The van der Waals surface area contributed by atoms with Crippen molar-refractivity contribution in [1.82, 2.24) is 10.2 Å². The van der Waals surface area contributed by atoms with E-state index >= 15 is 0 Å². The summed E-state index contributed by atoms with van der Waals surface area (Å²) >= 11 is 0. The first kappa shape index (κ1) is 23.1. The number of aliphatic hydroxyl groups is 1. The molecule has 1 aliphatic heterocycles. The van der Waals surface area contributed by atoms with E-state index in [0.717, 1.165) is 50.5 Å². The molecule has 0 amide bonds. The highest BCUT2D eigenvalue weighted by atomic mass is 16.3. The minimum absolute atomic E-state index is 0.195. The summed E-state index contributed by atoms with van der Waals surface area (Å²) in [5.74, 6) is 0. The van der Waals surface area contributed by atoms with Gasteiger partial charge in [0.2, 0.25) is 0 Å². The van der Waals surface area contributed by atoms with Gasteiger partial charge in [-0.25, -0.2) is 0 Å². The third-order valence-electron chi connectivity index (χ3n) is 6.35. The Balaban J connectivity index is 0.000000196. The van der Waals surface area contributed by atoms with Gasteiger partial charge in [0.05, 0.1) is 29.8 Å². The summed E-state index contributed by atoms with van der Waals surface area (Å²) in [6.07, 6.45) is 7.04. The highest BCUT2D eigenvalue weighted by molar-refractivity contribution is 5.51. The highest BCUT2D eigenvalue weighted by Gasteiger charge is 2.29. The Morgan fingerprint density at radius 3 is 2.58 bits per heavy atom. The summed E-state index contributed by atoms with van der Waals surface area (Å²) in [7, 11) is 2.13. The fourth-order valence-electron chi connectivity index (χ4n) is 4.70. The van der Waals surface area contributed by atoms with Crippen molar-refractivity contribution in [2.24, 2.45) is 0 Å². The molecule has 2 aliphatic rings. The molecule has 0 radical (unpaired) electrons. The molecule has 1 atom stereocenters. The number of nitrogens with zero attached hydrogens (tertiary/aromatic N) is 2. The molecule has 31 heavy (non-hydrogen) atoms. The summed E-state index contributed by atoms with van der Waals surface area (Å²) < 4.78 is 0. The zero-order chi connectivity index (χ0) is 22.1. The van der Waals surface area contributed by atoms with Crippen LogP contribution in [0.3, 0.4) is 0 Å². The van der Waals surface area contributed by atoms with Crippen LogP contribution in [0, 0.1) is 11.3 Å². The zero-order valence-corrected chi connectivity index (χ0v) is 18.4. The molecule has 2 N–H and O–H groups in total. The predicted octanol–water partition coefficient (Wildman–Crippen LogP) is 3.61. The number of nitrogens with one attached hydrogen (secondary N) is 1. The van der Waals surface area contributed by atoms with Gasteiger partial charge in [-0.2, -0.15) is 5.26 Å². The molecule has 5 heteroatoms. The summed E-state index contributed by atoms with van der Waals surface area (Å²) in [5, 5.41) is 22.2. The van der Waals surface area contributed by atoms with Crippen LogP contribution >= 0.6 is 0 Å². The van der Waals surface area contributed by atoms with Crippen LogP contribution in [0.1, 0.15) is 60.4 Å². The fraction of sp³-hybridized carbons (Fsp3) is 0.462. The maximum Gasteiger partial charge on any atom is 0.133 e. The van der Waals surface area contributed by atoms with E-state index in [-0.39, 0.29) is 6.04 Å². The van der Waals surface area contributed by atoms with Crippen LogP contribution in [-0.2, 0) is 11.2 Å². The standard InChI is InChI=1S/C17H16N2.C9H17NO2/c1-19-11-10-13-8-5-9-15(12-18)16(13)17(19)14-6-3-2-4-7-14;11-7-6-10-8-9(12)4-2-1-3-5-9/h2-9,17H,10-11H2,1H3;7,10,12H,1-6,8H2. The Kier molecular flexibility index (Phi) is 8.36. The number of carbonyl (C=O) groups is 1. The molecule has 5 nitrogen and oxygen atoms in total. The van der Waals surface area contributed by atoms with Gasteiger partial charge >= 0.3 is 0 Å². The van der Waals surface area contributed by atoms with Crippen molar-refractivity contribution in [3.8, 4) is 6.07 Å². The van der Waals surface area contributed by atoms with Crippen molar-refractivity contribution >= 4 is 6.29 Å². The van der Waals surface area contributed by atoms with E-state index in [4.69, 9.17) is 0 Å². The number of nitriles is 1. The minimum Gasteiger partial charge on any atom is -0.389 e. The number of hydrogen-bond donors (Lipinski definition) is 2. The summed E-state index contributed by atoms with van der Waals surface area (Å²) in [6.45, 7) is 1.94.